The number of fused-ring (bicyclic) bond motifs is 1. The van der Waals surface area contributed by atoms with Crippen LogP contribution in [0.15, 0.2) is 12.1 Å². The Balaban J connectivity index is 2.70. The third-order valence-electron chi connectivity index (χ3n) is 2.44. The minimum absolute atomic E-state index is 0.0281. The van der Waals surface area contributed by atoms with Gasteiger partial charge < -0.3 is 9.84 Å². The second kappa shape index (κ2) is 3.38. The van der Waals surface area contributed by atoms with Crippen molar-refractivity contribution in [2.75, 3.05) is 6.61 Å². The maximum absolute atomic E-state index is 11.6. The summed E-state index contributed by atoms with van der Waals surface area (Å²) in [5.41, 5.74) is 1.04. The van der Waals surface area contributed by atoms with Gasteiger partial charge in [-0.15, -0.1) is 0 Å². The van der Waals surface area contributed by atoms with Gasteiger partial charge in [0.1, 0.15) is 5.75 Å². The van der Waals surface area contributed by atoms with E-state index in [2.05, 4.69) is 0 Å². The zero-order valence-electron chi connectivity index (χ0n) is 8.24. The largest absolute Gasteiger partial charge is 0.492 e. The van der Waals surface area contributed by atoms with Gasteiger partial charge in [-0.25, -0.2) is 4.79 Å². The summed E-state index contributed by atoms with van der Waals surface area (Å²) < 4.78 is 5.33. The van der Waals surface area contributed by atoms with Crippen LogP contribution in [0.2, 0.25) is 0 Å². The van der Waals surface area contributed by atoms with Crippen LogP contribution < -0.4 is 4.74 Å². The SMILES string of the molecule is Cc1ccc(C(=O)O)c2c1OCCC2=O. The Morgan fingerprint density at radius 2 is 2.20 bits per heavy atom. The predicted octanol–water partition coefficient (Wildman–Crippen LogP) is 1.66. The highest BCUT2D eigenvalue weighted by Crippen LogP contribution is 2.31. The van der Waals surface area contributed by atoms with Crippen LogP contribution in [0.1, 0.15) is 32.7 Å². The fourth-order valence-corrected chi connectivity index (χ4v) is 1.70. The molecule has 1 aliphatic heterocycles. The number of carbonyl (C=O) groups excluding carboxylic acids is 1. The van der Waals surface area contributed by atoms with Gasteiger partial charge in [-0.2, -0.15) is 0 Å². The topological polar surface area (TPSA) is 63.6 Å². The molecule has 0 saturated carbocycles. The molecule has 4 heteroatoms. The number of Topliss-reactive ketones (excluding diaryl/α,β-unsaturated/α-hetero) is 1. The molecule has 1 aromatic carbocycles. The van der Waals surface area contributed by atoms with E-state index in [9.17, 15) is 9.59 Å². The summed E-state index contributed by atoms with van der Waals surface area (Å²) in [6.07, 6.45) is 0.247. The van der Waals surface area contributed by atoms with E-state index in [1.54, 1.807) is 13.0 Å². The number of hydrogen-bond donors (Lipinski definition) is 1. The number of carbonyl (C=O) groups is 2. The summed E-state index contributed by atoms with van der Waals surface area (Å²) in [7, 11) is 0. The van der Waals surface area contributed by atoms with Gasteiger partial charge in [-0.3, -0.25) is 4.79 Å². The first-order chi connectivity index (χ1) is 7.11. The molecule has 0 fully saturated rings. The van der Waals surface area contributed by atoms with E-state index in [0.29, 0.717) is 12.4 Å². The predicted molar refractivity (Wildman–Crippen MR) is 52.6 cm³/mol. The lowest BCUT2D eigenvalue weighted by Crippen LogP contribution is -2.20. The lowest BCUT2D eigenvalue weighted by molar-refractivity contribution is 0.0688. The van der Waals surface area contributed by atoms with E-state index >= 15 is 0 Å². The molecule has 0 unspecified atom stereocenters. The molecule has 0 saturated heterocycles. The number of benzene rings is 1. The third kappa shape index (κ3) is 1.48. The van der Waals surface area contributed by atoms with E-state index in [1.807, 2.05) is 0 Å². The maximum atomic E-state index is 11.6. The number of aryl methyl sites for hydroxylation is 1. The summed E-state index contributed by atoms with van der Waals surface area (Å²) in [4.78, 5) is 22.5. The minimum Gasteiger partial charge on any atom is -0.492 e. The van der Waals surface area contributed by atoms with Gasteiger partial charge in [0.25, 0.3) is 0 Å². The average Bonchev–Trinajstić information content (AvgIpc) is 2.19. The lowest BCUT2D eigenvalue weighted by atomic mass is 9.96. The number of carboxylic acids is 1. The zero-order valence-corrected chi connectivity index (χ0v) is 8.24. The van der Waals surface area contributed by atoms with Crippen LogP contribution in [0.3, 0.4) is 0 Å². The minimum atomic E-state index is -1.09. The molecule has 0 bridgehead atoms. The molecule has 1 heterocycles. The van der Waals surface area contributed by atoms with Crippen molar-refractivity contribution in [1.82, 2.24) is 0 Å². The number of ether oxygens (including phenoxy) is 1. The highest BCUT2D eigenvalue weighted by Gasteiger charge is 2.26. The third-order valence-corrected chi connectivity index (χ3v) is 2.44. The van der Waals surface area contributed by atoms with Crippen LogP contribution in [0.4, 0.5) is 0 Å². The van der Waals surface area contributed by atoms with Gasteiger partial charge in [-0.05, 0) is 18.6 Å². The molecule has 1 N–H and O–H groups in total. The second-order valence-corrected chi connectivity index (χ2v) is 3.46. The van der Waals surface area contributed by atoms with Gasteiger partial charge in [0.05, 0.1) is 17.7 Å². The number of ketones is 1. The van der Waals surface area contributed by atoms with Crippen LogP contribution in [-0.4, -0.2) is 23.5 Å². The first kappa shape index (κ1) is 9.71. The van der Waals surface area contributed by atoms with Gasteiger partial charge >= 0.3 is 5.97 Å². The molecule has 0 aromatic heterocycles. The summed E-state index contributed by atoms with van der Waals surface area (Å²) in [5, 5.41) is 8.94. The van der Waals surface area contributed by atoms with Gasteiger partial charge in [0.15, 0.2) is 5.78 Å². The van der Waals surface area contributed by atoms with Crippen LogP contribution >= 0.6 is 0 Å². The average molecular weight is 206 g/mol. The monoisotopic (exact) mass is 206 g/mol. The first-order valence-corrected chi connectivity index (χ1v) is 4.64. The van der Waals surface area contributed by atoms with Crippen LogP contribution in [0, 0.1) is 6.92 Å². The van der Waals surface area contributed by atoms with Crippen LogP contribution in [-0.2, 0) is 0 Å². The molecule has 1 aromatic rings. The standard InChI is InChI=1S/C11H10O4/c1-6-2-3-7(11(13)14)9-8(12)4-5-15-10(6)9/h2-3H,4-5H2,1H3,(H,13,14). The first-order valence-electron chi connectivity index (χ1n) is 4.64. The van der Waals surface area contributed by atoms with E-state index in [4.69, 9.17) is 9.84 Å². The molecule has 0 amide bonds. The van der Waals surface area contributed by atoms with Gasteiger partial charge in [0, 0.05) is 6.42 Å². The molecule has 1 aliphatic rings. The highest BCUT2D eigenvalue weighted by atomic mass is 16.5. The highest BCUT2D eigenvalue weighted by molar-refractivity contribution is 6.08. The van der Waals surface area contributed by atoms with Crippen molar-refractivity contribution in [2.24, 2.45) is 0 Å². The van der Waals surface area contributed by atoms with Crippen molar-refractivity contribution in [1.29, 1.82) is 0 Å². The maximum Gasteiger partial charge on any atom is 0.336 e. The summed E-state index contributed by atoms with van der Waals surface area (Å²) >= 11 is 0. The van der Waals surface area contributed by atoms with Crippen molar-refractivity contribution in [3.63, 3.8) is 0 Å². The molecule has 0 aliphatic carbocycles. The Kier molecular flexibility index (Phi) is 2.19. The molecule has 4 nitrogen and oxygen atoms in total. The Bertz CT molecular complexity index is 448. The van der Waals surface area contributed by atoms with Crippen molar-refractivity contribution in [3.05, 3.63) is 28.8 Å². The van der Waals surface area contributed by atoms with Crippen LogP contribution in [0.5, 0.6) is 5.75 Å². The fourth-order valence-electron chi connectivity index (χ4n) is 1.70. The number of hydrogen-bond acceptors (Lipinski definition) is 3. The van der Waals surface area contributed by atoms with E-state index in [0.717, 1.165) is 5.56 Å². The summed E-state index contributed by atoms with van der Waals surface area (Å²) in [6.45, 7) is 2.12. The lowest BCUT2D eigenvalue weighted by Gasteiger charge is -2.19. The molecule has 0 atom stereocenters. The molecule has 15 heavy (non-hydrogen) atoms. The van der Waals surface area contributed by atoms with E-state index in [1.165, 1.54) is 6.07 Å². The normalized spacial score (nSPS) is 14.3. The van der Waals surface area contributed by atoms with Crippen molar-refractivity contribution in [2.45, 2.75) is 13.3 Å². The summed E-state index contributed by atoms with van der Waals surface area (Å²) in [5.74, 6) is -0.825. The smallest absolute Gasteiger partial charge is 0.336 e. The quantitative estimate of drug-likeness (QED) is 0.758. The molecule has 0 spiro atoms. The van der Waals surface area contributed by atoms with Crippen LogP contribution in [0.25, 0.3) is 0 Å². The van der Waals surface area contributed by atoms with Gasteiger partial charge in [0.2, 0.25) is 0 Å². The van der Waals surface area contributed by atoms with E-state index < -0.39 is 5.97 Å². The fraction of sp³-hybridized carbons (Fsp3) is 0.273. The molecule has 0 radical (unpaired) electrons. The number of carboxylic acid groups (broad SMARTS) is 1. The van der Waals surface area contributed by atoms with Crippen molar-refractivity contribution in [3.8, 4) is 5.75 Å². The van der Waals surface area contributed by atoms with Crippen molar-refractivity contribution < 1.29 is 19.4 Å². The number of rotatable bonds is 1. The Labute approximate surface area is 86.5 Å². The molecule has 2 rings (SSSR count). The van der Waals surface area contributed by atoms with Gasteiger partial charge in [-0.1, -0.05) is 6.07 Å². The Morgan fingerprint density at radius 3 is 2.87 bits per heavy atom. The molecular formula is C11H10O4. The molecule has 78 valence electrons. The molecular weight excluding hydrogens is 196 g/mol. The zero-order chi connectivity index (χ0) is 11.0. The second-order valence-electron chi connectivity index (χ2n) is 3.46. The Hall–Kier alpha value is -1.84. The van der Waals surface area contributed by atoms with Crippen molar-refractivity contribution >= 4 is 11.8 Å². The summed E-state index contributed by atoms with van der Waals surface area (Å²) in [6, 6.07) is 3.10. The Morgan fingerprint density at radius 1 is 1.47 bits per heavy atom. The van der Waals surface area contributed by atoms with E-state index in [-0.39, 0.29) is 23.3 Å². The number of aromatic carboxylic acids is 1.